The number of carbonyl (C=O) groups is 2. The van der Waals surface area contributed by atoms with Crippen LogP contribution in [0.15, 0.2) is 0 Å². The summed E-state index contributed by atoms with van der Waals surface area (Å²) in [5.74, 6) is -2.04. The normalized spacial score (nSPS) is 40.8. The van der Waals surface area contributed by atoms with Gasteiger partial charge in [0.1, 0.15) is 16.3 Å². The first kappa shape index (κ1) is 11.9. The van der Waals surface area contributed by atoms with Gasteiger partial charge in [0.25, 0.3) is 0 Å². The quantitative estimate of drug-likeness (QED) is 0.558. The summed E-state index contributed by atoms with van der Waals surface area (Å²) >= 11 is 3.40. The number of alkyl halides is 1. The molecule has 2 bridgehead atoms. The zero-order valence-corrected chi connectivity index (χ0v) is 10.7. The molecule has 16 heavy (non-hydrogen) atoms. The predicted octanol–water partition coefficient (Wildman–Crippen LogP) is 0.849. The van der Waals surface area contributed by atoms with Gasteiger partial charge in [0.2, 0.25) is 0 Å². The van der Waals surface area contributed by atoms with Crippen molar-refractivity contribution in [2.24, 2.45) is 11.8 Å². The Morgan fingerprint density at radius 1 is 1.31 bits per heavy atom. The molecule has 2 heterocycles. The van der Waals surface area contributed by atoms with Crippen LogP contribution in [0.2, 0.25) is 0 Å². The zero-order valence-electron chi connectivity index (χ0n) is 9.07. The second-order valence-corrected chi connectivity index (χ2v) is 5.37. The second kappa shape index (κ2) is 4.00. The lowest BCUT2D eigenvalue weighted by Gasteiger charge is -2.28. The summed E-state index contributed by atoms with van der Waals surface area (Å²) in [5.41, 5.74) is 0. The van der Waals surface area contributed by atoms with Crippen molar-refractivity contribution in [3.63, 3.8) is 0 Å². The number of fused-ring (bicyclic) bond motifs is 2. The Balaban J connectivity index is 2.30. The van der Waals surface area contributed by atoms with Gasteiger partial charge >= 0.3 is 11.9 Å². The topological polar surface area (TPSA) is 61.8 Å². The summed E-state index contributed by atoms with van der Waals surface area (Å²) in [7, 11) is 2.61. The molecule has 0 spiro atoms. The van der Waals surface area contributed by atoms with Gasteiger partial charge in [0.05, 0.1) is 20.3 Å². The van der Waals surface area contributed by atoms with Gasteiger partial charge < -0.3 is 14.2 Å². The van der Waals surface area contributed by atoms with Crippen LogP contribution in [0.4, 0.5) is 0 Å². The lowest BCUT2D eigenvalue weighted by Crippen LogP contribution is -2.43. The fourth-order valence-corrected chi connectivity index (χ4v) is 3.49. The molecule has 0 aromatic carbocycles. The van der Waals surface area contributed by atoms with Gasteiger partial charge in [-0.3, -0.25) is 9.59 Å². The summed E-state index contributed by atoms with van der Waals surface area (Å²) in [5, 5.41) is 0. The number of ether oxygens (including phenoxy) is 3. The minimum Gasteiger partial charge on any atom is -0.469 e. The molecule has 0 N–H and O–H groups in total. The minimum atomic E-state index is -0.760. The van der Waals surface area contributed by atoms with E-state index in [2.05, 4.69) is 15.9 Å². The third-order valence-electron chi connectivity index (χ3n) is 3.27. The van der Waals surface area contributed by atoms with Crippen LogP contribution in [0.5, 0.6) is 0 Å². The maximum atomic E-state index is 11.7. The Kier molecular flexibility index (Phi) is 2.96. The van der Waals surface area contributed by atoms with Gasteiger partial charge in [-0.05, 0) is 12.8 Å². The van der Waals surface area contributed by atoms with E-state index in [1.165, 1.54) is 14.2 Å². The van der Waals surface area contributed by atoms with Crippen molar-refractivity contribution in [3.05, 3.63) is 0 Å². The molecule has 0 saturated carbocycles. The molecule has 6 heteroatoms. The van der Waals surface area contributed by atoms with Crippen LogP contribution in [0, 0.1) is 11.8 Å². The van der Waals surface area contributed by atoms with Crippen LogP contribution in [-0.4, -0.2) is 36.8 Å². The maximum absolute atomic E-state index is 11.7. The minimum absolute atomic E-state index is 0.254. The highest BCUT2D eigenvalue weighted by Crippen LogP contribution is 2.55. The van der Waals surface area contributed by atoms with Crippen LogP contribution >= 0.6 is 15.9 Å². The molecule has 5 nitrogen and oxygen atoms in total. The summed E-state index contributed by atoms with van der Waals surface area (Å²) < 4.78 is 14.3. The van der Waals surface area contributed by atoms with Gasteiger partial charge in [0, 0.05) is 0 Å². The van der Waals surface area contributed by atoms with E-state index in [-0.39, 0.29) is 6.10 Å². The number of rotatable bonds is 2. The van der Waals surface area contributed by atoms with Crippen molar-refractivity contribution >= 4 is 27.9 Å². The van der Waals surface area contributed by atoms with Crippen molar-refractivity contribution in [1.29, 1.82) is 0 Å². The van der Waals surface area contributed by atoms with E-state index in [9.17, 15) is 9.59 Å². The van der Waals surface area contributed by atoms with E-state index in [0.29, 0.717) is 6.42 Å². The van der Waals surface area contributed by atoms with E-state index in [4.69, 9.17) is 14.2 Å². The Morgan fingerprint density at radius 3 is 2.50 bits per heavy atom. The SMILES string of the molecule is COC(=O)C1C2CCC(Br)(O2)C1C(=O)OC. The molecule has 2 rings (SSSR count). The van der Waals surface area contributed by atoms with E-state index < -0.39 is 28.3 Å². The third-order valence-corrected chi connectivity index (χ3v) is 4.35. The maximum Gasteiger partial charge on any atom is 0.313 e. The predicted molar refractivity (Wildman–Crippen MR) is 56.8 cm³/mol. The number of esters is 2. The summed E-state index contributed by atoms with van der Waals surface area (Å²) in [4.78, 5) is 23.3. The second-order valence-electron chi connectivity index (χ2n) is 4.03. The monoisotopic (exact) mass is 292 g/mol. The fraction of sp³-hybridized carbons (Fsp3) is 0.800. The van der Waals surface area contributed by atoms with Crippen LogP contribution in [0.25, 0.3) is 0 Å². The highest BCUT2D eigenvalue weighted by atomic mass is 79.9. The lowest BCUT2D eigenvalue weighted by atomic mass is 9.79. The van der Waals surface area contributed by atoms with Gasteiger partial charge in [-0.15, -0.1) is 0 Å². The highest BCUT2D eigenvalue weighted by molar-refractivity contribution is 9.10. The van der Waals surface area contributed by atoms with Gasteiger partial charge in [-0.1, -0.05) is 15.9 Å². The lowest BCUT2D eigenvalue weighted by molar-refractivity contribution is -0.158. The van der Waals surface area contributed by atoms with Crippen LogP contribution in [0.3, 0.4) is 0 Å². The van der Waals surface area contributed by atoms with Crippen molar-refractivity contribution in [2.75, 3.05) is 14.2 Å². The summed E-state index contributed by atoms with van der Waals surface area (Å²) in [6.45, 7) is 0. The Hall–Kier alpha value is -0.620. The molecule has 2 saturated heterocycles. The van der Waals surface area contributed by atoms with Gasteiger partial charge in [-0.2, -0.15) is 0 Å². The molecular formula is C10H13BrO5. The average molecular weight is 293 g/mol. The molecular weight excluding hydrogens is 280 g/mol. The molecule has 0 aromatic rings. The molecule has 2 aliphatic heterocycles. The molecule has 90 valence electrons. The number of methoxy groups -OCH3 is 2. The first-order valence-electron chi connectivity index (χ1n) is 5.06. The molecule has 0 amide bonds. The Morgan fingerprint density at radius 2 is 1.94 bits per heavy atom. The van der Waals surface area contributed by atoms with Crippen molar-refractivity contribution < 1.29 is 23.8 Å². The average Bonchev–Trinajstić information content (AvgIpc) is 2.79. The van der Waals surface area contributed by atoms with E-state index in [0.717, 1.165) is 6.42 Å². The van der Waals surface area contributed by atoms with E-state index in [1.807, 2.05) is 0 Å². The highest BCUT2D eigenvalue weighted by Gasteiger charge is 2.64. The molecule has 0 radical (unpaired) electrons. The largest absolute Gasteiger partial charge is 0.469 e. The molecule has 4 unspecified atom stereocenters. The third kappa shape index (κ3) is 1.55. The smallest absolute Gasteiger partial charge is 0.313 e. The van der Waals surface area contributed by atoms with E-state index >= 15 is 0 Å². The van der Waals surface area contributed by atoms with Crippen LogP contribution in [0.1, 0.15) is 12.8 Å². The Labute approximate surface area is 102 Å². The number of hydrogen-bond donors (Lipinski definition) is 0. The summed E-state index contributed by atoms with van der Waals surface area (Å²) in [6.07, 6.45) is 1.19. The number of carbonyl (C=O) groups excluding carboxylic acids is 2. The van der Waals surface area contributed by atoms with Gasteiger partial charge in [-0.25, -0.2) is 0 Å². The molecule has 0 aliphatic carbocycles. The van der Waals surface area contributed by atoms with E-state index in [1.54, 1.807) is 0 Å². The number of halogens is 1. The van der Waals surface area contributed by atoms with Crippen LogP contribution < -0.4 is 0 Å². The zero-order chi connectivity index (χ0) is 11.9. The van der Waals surface area contributed by atoms with Gasteiger partial charge in [0.15, 0.2) is 0 Å². The first-order valence-corrected chi connectivity index (χ1v) is 5.85. The first-order chi connectivity index (χ1) is 7.53. The Bertz CT molecular complexity index is 331. The number of hydrogen-bond acceptors (Lipinski definition) is 5. The molecule has 0 aromatic heterocycles. The molecule has 4 atom stereocenters. The van der Waals surface area contributed by atoms with Crippen molar-refractivity contribution in [1.82, 2.24) is 0 Å². The summed E-state index contributed by atoms with van der Waals surface area (Å²) in [6, 6.07) is 0. The molecule has 2 aliphatic rings. The van der Waals surface area contributed by atoms with Crippen molar-refractivity contribution in [3.8, 4) is 0 Å². The van der Waals surface area contributed by atoms with Crippen LogP contribution in [-0.2, 0) is 23.8 Å². The standard InChI is InChI=1S/C10H13BrO5/c1-14-8(12)6-5-3-4-10(11,16-5)7(6)9(13)15-2/h5-7H,3-4H2,1-2H3. The van der Waals surface area contributed by atoms with Crippen molar-refractivity contribution in [2.45, 2.75) is 23.5 Å². The molecule has 2 fully saturated rings. The fourth-order valence-electron chi connectivity index (χ4n) is 2.55.